The van der Waals surface area contributed by atoms with Crippen molar-refractivity contribution in [3.05, 3.63) is 23.0 Å². The van der Waals surface area contributed by atoms with Crippen LogP contribution in [0.25, 0.3) is 0 Å². The zero-order valence-electron chi connectivity index (χ0n) is 10.5. The van der Waals surface area contributed by atoms with Gasteiger partial charge in [0.15, 0.2) is 0 Å². The van der Waals surface area contributed by atoms with Crippen LogP contribution in [0.2, 0.25) is 0 Å². The van der Waals surface area contributed by atoms with Crippen molar-refractivity contribution in [2.45, 2.75) is 39.5 Å². The van der Waals surface area contributed by atoms with Crippen molar-refractivity contribution in [1.82, 2.24) is 4.98 Å². The van der Waals surface area contributed by atoms with Crippen molar-refractivity contribution in [2.24, 2.45) is 5.92 Å². The lowest BCUT2D eigenvalue weighted by atomic mass is 9.83. The summed E-state index contributed by atoms with van der Waals surface area (Å²) in [5.41, 5.74) is 2.23. The van der Waals surface area contributed by atoms with Gasteiger partial charge in [-0.15, -0.1) is 0 Å². The Morgan fingerprint density at radius 3 is 2.82 bits per heavy atom. The third kappa shape index (κ3) is 2.76. The summed E-state index contributed by atoms with van der Waals surface area (Å²) >= 11 is 0. The summed E-state index contributed by atoms with van der Waals surface area (Å²) in [7, 11) is 0. The van der Waals surface area contributed by atoms with Gasteiger partial charge in [-0.1, -0.05) is 19.3 Å². The van der Waals surface area contributed by atoms with Crippen molar-refractivity contribution in [3.8, 4) is 11.8 Å². The summed E-state index contributed by atoms with van der Waals surface area (Å²) in [5, 5.41) is 9.09. The van der Waals surface area contributed by atoms with Crippen LogP contribution in [0.15, 0.2) is 6.07 Å². The van der Waals surface area contributed by atoms with E-state index in [0.29, 0.717) is 17.9 Å². The Balaban J connectivity index is 2.01. The lowest BCUT2D eigenvalue weighted by Gasteiger charge is -2.25. The second-order valence-corrected chi connectivity index (χ2v) is 4.77. The molecule has 2 rings (SSSR count). The summed E-state index contributed by atoms with van der Waals surface area (Å²) in [6.07, 6.45) is 5.14. The minimum Gasteiger partial charge on any atom is -0.492 e. The third-order valence-corrected chi connectivity index (χ3v) is 3.41. The molecule has 3 nitrogen and oxygen atoms in total. The molecule has 1 aromatic heterocycles. The average molecular weight is 230 g/mol. The van der Waals surface area contributed by atoms with Crippen LogP contribution in [-0.4, -0.2) is 11.6 Å². The molecular formula is C14H18N2O. The molecular weight excluding hydrogens is 212 g/mol. The standard InChI is InChI=1S/C14H18N2O/c1-10-8-14(13(9-15)11(2)16-10)17-7-6-12-4-3-5-12/h8,12H,3-7H2,1-2H3. The molecule has 90 valence electrons. The van der Waals surface area contributed by atoms with E-state index in [9.17, 15) is 0 Å². The molecule has 1 aliphatic carbocycles. The van der Waals surface area contributed by atoms with Crippen LogP contribution in [-0.2, 0) is 0 Å². The maximum Gasteiger partial charge on any atom is 0.140 e. The molecule has 0 N–H and O–H groups in total. The minimum absolute atomic E-state index is 0.573. The molecule has 0 saturated heterocycles. The largest absolute Gasteiger partial charge is 0.492 e. The van der Waals surface area contributed by atoms with Gasteiger partial charge in [-0.2, -0.15) is 5.26 Å². The summed E-state index contributed by atoms with van der Waals surface area (Å²) in [5.74, 6) is 1.53. The van der Waals surface area contributed by atoms with Crippen LogP contribution >= 0.6 is 0 Å². The van der Waals surface area contributed by atoms with Crippen LogP contribution in [0.1, 0.15) is 42.6 Å². The minimum atomic E-state index is 0.573. The fourth-order valence-electron chi connectivity index (χ4n) is 2.16. The Morgan fingerprint density at radius 1 is 1.47 bits per heavy atom. The topological polar surface area (TPSA) is 45.9 Å². The number of hydrogen-bond acceptors (Lipinski definition) is 3. The van der Waals surface area contributed by atoms with E-state index in [-0.39, 0.29) is 0 Å². The van der Waals surface area contributed by atoms with Crippen molar-refractivity contribution in [2.75, 3.05) is 6.61 Å². The zero-order chi connectivity index (χ0) is 12.3. The molecule has 0 spiro atoms. The molecule has 0 radical (unpaired) electrons. The van der Waals surface area contributed by atoms with Gasteiger partial charge in [0.1, 0.15) is 17.4 Å². The van der Waals surface area contributed by atoms with Gasteiger partial charge in [0.05, 0.1) is 12.3 Å². The van der Waals surface area contributed by atoms with E-state index in [0.717, 1.165) is 23.7 Å². The van der Waals surface area contributed by atoms with E-state index < -0.39 is 0 Å². The van der Waals surface area contributed by atoms with Gasteiger partial charge in [0.25, 0.3) is 0 Å². The van der Waals surface area contributed by atoms with E-state index in [4.69, 9.17) is 10.00 Å². The number of aryl methyl sites for hydroxylation is 2. The Bertz CT molecular complexity index is 444. The van der Waals surface area contributed by atoms with Crippen LogP contribution in [0.5, 0.6) is 5.75 Å². The van der Waals surface area contributed by atoms with E-state index in [1.54, 1.807) is 0 Å². The summed E-state index contributed by atoms with van der Waals surface area (Å²) in [6, 6.07) is 4.02. The van der Waals surface area contributed by atoms with Gasteiger partial charge in [-0.05, 0) is 26.2 Å². The molecule has 1 aliphatic rings. The maximum absolute atomic E-state index is 9.09. The Hall–Kier alpha value is -1.56. The number of nitriles is 1. The fourth-order valence-corrected chi connectivity index (χ4v) is 2.16. The number of ether oxygens (including phenoxy) is 1. The van der Waals surface area contributed by atoms with Gasteiger partial charge in [-0.3, -0.25) is 4.98 Å². The number of aromatic nitrogens is 1. The highest BCUT2D eigenvalue weighted by Gasteiger charge is 2.17. The van der Waals surface area contributed by atoms with E-state index >= 15 is 0 Å². The van der Waals surface area contributed by atoms with Gasteiger partial charge in [0, 0.05) is 11.8 Å². The van der Waals surface area contributed by atoms with Gasteiger partial charge < -0.3 is 4.74 Å². The highest BCUT2D eigenvalue weighted by atomic mass is 16.5. The van der Waals surface area contributed by atoms with Crippen LogP contribution in [0, 0.1) is 31.1 Å². The van der Waals surface area contributed by atoms with E-state index in [1.807, 2.05) is 19.9 Å². The molecule has 3 heteroatoms. The van der Waals surface area contributed by atoms with Crippen molar-refractivity contribution < 1.29 is 4.74 Å². The molecule has 0 unspecified atom stereocenters. The van der Waals surface area contributed by atoms with Crippen LogP contribution in [0.3, 0.4) is 0 Å². The van der Waals surface area contributed by atoms with Crippen molar-refractivity contribution in [3.63, 3.8) is 0 Å². The van der Waals surface area contributed by atoms with Crippen molar-refractivity contribution in [1.29, 1.82) is 5.26 Å². The lowest BCUT2D eigenvalue weighted by molar-refractivity contribution is 0.221. The highest BCUT2D eigenvalue weighted by Crippen LogP contribution is 2.30. The predicted octanol–water partition coefficient (Wildman–Crippen LogP) is 3.14. The van der Waals surface area contributed by atoms with Gasteiger partial charge in [-0.25, -0.2) is 0 Å². The first-order valence-corrected chi connectivity index (χ1v) is 6.22. The van der Waals surface area contributed by atoms with E-state index in [2.05, 4.69) is 11.1 Å². The molecule has 1 aromatic rings. The van der Waals surface area contributed by atoms with Crippen LogP contribution in [0.4, 0.5) is 0 Å². The predicted molar refractivity (Wildman–Crippen MR) is 65.9 cm³/mol. The number of rotatable bonds is 4. The normalized spacial score (nSPS) is 15.1. The maximum atomic E-state index is 9.09. The molecule has 0 atom stereocenters. The molecule has 0 bridgehead atoms. The van der Waals surface area contributed by atoms with Gasteiger partial charge >= 0.3 is 0 Å². The fraction of sp³-hybridized carbons (Fsp3) is 0.571. The third-order valence-electron chi connectivity index (χ3n) is 3.41. The SMILES string of the molecule is Cc1cc(OCCC2CCC2)c(C#N)c(C)n1. The molecule has 17 heavy (non-hydrogen) atoms. The van der Waals surface area contributed by atoms with Crippen LogP contribution < -0.4 is 4.74 Å². The number of pyridine rings is 1. The number of hydrogen-bond donors (Lipinski definition) is 0. The molecule has 0 aliphatic heterocycles. The summed E-state index contributed by atoms with van der Waals surface area (Å²) in [4.78, 5) is 4.27. The molecule has 1 saturated carbocycles. The first-order chi connectivity index (χ1) is 8.20. The number of nitrogens with zero attached hydrogens (tertiary/aromatic N) is 2. The van der Waals surface area contributed by atoms with E-state index in [1.165, 1.54) is 19.3 Å². The van der Waals surface area contributed by atoms with Gasteiger partial charge in [0.2, 0.25) is 0 Å². The Labute approximate surface area is 102 Å². The monoisotopic (exact) mass is 230 g/mol. The smallest absolute Gasteiger partial charge is 0.140 e. The lowest BCUT2D eigenvalue weighted by Crippen LogP contribution is -2.15. The Kier molecular flexibility index (Phi) is 3.63. The first kappa shape index (κ1) is 11.9. The molecule has 0 amide bonds. The van der Waals surface area contributed by atoms with Crippen molar-refractivity contribution >= 4 is 0 Å². The Morgan fingerprint density at radius 2 is 2.24 bits per heavy atom. The molecule has 1 fully saturated rings. The average Bonchev–Trinajstić information content (AvgIpc) is 2.21. The summed E-state index contributed by atoms with van der Waals surface area (Å²) in [6.45, 7) is 4.49. The second kappa shape index (κ2) is 5.18. The zero-order valence-corrected chi connectivity index (χ0v) is 10.5. The molecule has 1 heterocycles. The summed E-state index contributed by atoms with van der Waals surface area (Å²) < 4.78 is 5.73. The quantitative estimate of drug-likeness (QED) is 0.798. The second-order valence-electron chi connectivity index (χ2n) is 4.77. The first-order valence-electron chi connectivity index (χ1n) is 6.22. The molecule has 0 aromatic carbocycles. The highest BCUT2D eigenvalue weighted by molar-refractivity contribution is 5.46.